The number of benzene rings is 7. The van der Waals surface area contributed by atoms with Crippen molar-refractivity contribution in [2.24, 2.45) is 0 Å². The second-order valence-electron chi connectivity index (χ2n) is 11.8. The summed E-state index contributed by atoms with van der Waals surface area (Å²) in [4.78, 5) is 0. The third kappa shape index (κ3) is 4.89. The van der Waals surface area contributed by atoms with Gasteiger partial charge in [0, 0.05) is 0 Å². The third-order valence-corrected chi connectivity index (χ3v) is 9.18. The molecule has 45 heavy (non-hydrogen) atoms. The first-order chi connectivity index (χ1) is 22.2. The van der Waals surface area contributed by atoms with Gasteiger partial charge in [-0.1, -0.05) is 206 Å². The standard InChI is InChI=1S/C45H36/c1-35-32-42(44(36-20-8-2-9-21-36,37-22-10-3-11-23-37)38-24-12-4-13-25-38)34-43(33-35)45(39-26-14-5-15-27-39,40-28-16-6-17-29-40)41-30-18-7-19-31-41/h2-34H,1H3. The predicted molar refractivity (Wildman–Crippen MR) is 188 cm³/mol. The topological polar surface area (TPSA) is 0 Å². The maximum absolute atomic E-state index is 2.48. The summed E-state index contributed by atoms with van der Waals surface area (Å²) in [6.07, 6.45) is 0. The fourth-order valence-corrected chi connectivity index (χ4v) is 7.35. The predicted octanol–water partition coefficient (Wildman–Crippen LogP) is 10.8. The molecule has 0 aromatic heterocycles. The molecule has 0 saturated carbocycles. The summed E-state index contributed by atoms with van der Waals surface area (Å²) < 4.78 is 0. The molecule has 0 aliphatic rings. The summed E-state index contributed by atoms with van der Waals surface area (Å²) in [5, 5.41) is 0. The van der Waals surface area contributed by atoms with Crippen LogP contribution in [0.3, 0.4) is 0 Å². The van der Waals surface area contributed by atoms with Crippen LogP contribution in [-0.2, 0) is 10.8 Å². The molecule has 0 heterocycles. The maximum atomic E-state index is 2.48. The lowest BCUT2D eigenvalue weighted by molar-refractivity contribution is 0.716. The Labute approximate surface area is 267 Å². The number of hydrogen-bond donors (Lipinski definition) is 0. The quantitative estimate of drug-likeness (QED) is 0.158. The molecule has 7 aromatic rings. The molecular formula is C45H36. The minimum absolute atomic E-state index is 0.541. The third-order valence-electron chi connectivity index (χ3n) is 9.18. The van der Waals surface area contributed by atoms with Crippen molar-refractivity contribution in [3.05, 3.63) is 250 Å². The highest BCUT2D eigenvalue weighted by atomic mass is 14.4. The van der Waals surface area contributed by atoms with Crippen LogP contribution in [-0.4, -0.2) is 0 Å². The lowest BCUT2D eigenvalue weighted by Gasteiger charge is -2.40. The van der Waals surface area contributed by atoms with E-state index in [0.717, 1.165) is 0 Å². The molecule has 0 aliphatic carbocycles. The Morgan fingerprint density at radius 1 is 0.244 bits per heavy atom. The van der Waals surface area contributed by atoms with Crippen molar-refractivity contribution in [1.29, 1.82) is 0 Å². The molecule has 216 valence electrons. The summed E-state index contributed by atoms with van der Waals surface area (Å²) in [5.74, 6) is 0. The van der Waals surface area contributed by atoms with Crippen molar-refractivity contribution in [2.75, 3.05) is 0 Å². The molecule has 0 radical (unpaired) electrons. The normalized spacial score (nSPS) is 11.7. The van der Waals surface area contributed by atoms with Crippen LogP contribution >= 0.6 is 0 Å². The molecule has 0 spiro atoms. The lowest BCUT2D eigenvalue weighted by atomic mass is 9.61. The van der Waals surface area contributed by atoms with Crippen LogP contribution in [0, 0.1) is 6.92 Å². The van der Waals surface area contributed by atoms with E-state index in [1.54, 1.807) is 0 Å². The van der Waals surface area contributed by atoms with Crippen LogP contribution in [0.2, 0.25) is 0 Å². The number of hydrogen-bond acceptors (Lipinski definition) is 0. The van der Waals surface area contributed by atoms with Crippen LogP contribution in [0.15, 0.2) is 200 Å². The van der Waals surface area contributed by atoms with E-state index in [-0.39, 0.29) is 0 Å². The molecular weight excluding hydrogens is 540 g/mol. The van der Waals surface area contributed by atoms with E-state index in [9.17, 15) is 0 Å². The molecule has 0 bridgehead atoms. The van der Waals surface area contributed by atoms with Gasteiger partial charge in [0.1, 0.15) is 0 Å². The van der Waals surface area contributed by atoms with Gasteiger partial charge >= 0.3 is 0 Å². The van der Waals surface area contributed by atoms with Gasteiger partial charge in [-0.15, -0.1) is 0 Å². The van der Waals surface area contributed by atoms with E-state index in [1.165, 1.54) is 50.1 Å². The van der Waals surface area contributed by atoms with Gasteiger partial charge in [-0.25, -0.2) is 0 Å². The SMILES string of the molecule is Cc1cc(C(c2ccccc2)(c2ccccc2)c2ccccc2)cc(C(c2ccccc2)(c2ccccc2)c2ccccc2)c1. The Bertz CT molecular complexity index is 1620. The zero-order valence-electron chi connectivity index (χ0n) is 25.6. The van der Waals surface area contributed by atoms with Crippen LogP contribution < -0.4 is 0 Å². The van der Waals surface area contributed by atoms with E-state index in [0.29, 0.717) is 0 Å². The second-order valence-corrected chi connectivity index (χ2v) is 11.8. The van der Waals surface area contributed by atoms with Gasteiger partial charge in [-0.3, -0.25) is 0 Å². The Kier molecular flexibility index (Phi) is 7.72. The Morgan fingerprint density at radius 3 is 0.644 bits per heavy atom. The Balaban J connectivity index is 1.64. The molecule has 0 amide bonds. The fraction of sp³-hybridized carbons (Fsp3) is 0.0667. The molecule has 0 N–H and O–H groups in total. The van der Waals surface area contributed by atoms with E-state index in [4.69, 9.17) is 0 Å². The Morgan fingerprint density at radius 2 is 0.444 bits per heavy atom. The summed E-state index contributed by atoms with van der Waals surface area (Å²) in [7, 11) is 0. The van der Waals surface area contributed by atoms with Gasteiger partial charge < -0.3 is 0 Å². The molecule has 0 unspecified atom stereocenters. The van der Waals surface area contributed by atoms with Crippen LogP contribution in [0.1, 0.15) is 50.1 Å². The summed E-state index contributed by atoms with van der Waals surface area (Å²) in [6, 6.07) is 73.2. The summed E-state index contributed by atoms with van der Waals surface area (Å²) in [6.45, 7) is 2.24. The van der Waals surface area contributed by atoms with E-state index >= 15 is 0 Å². The molecule has 0 saturated heterocycles. The first-order valence-electron chi connectivity index (χ1n) is 15.7. The first-order valence-corrected chi connectivity index (χ1v) is 15.7. The van der Waals surface area contributed by atoms with Gasteiger partial charge in [-0.05, 0) is 51.4 Å². The van der Waals surface area contributed by atoms with E-state index in [2.05, 4.69) is 207 Å². The van der Waals surface area contributed by atoms with Crippen molar-refractivity contribution >= 4 is 0 Å². The molecule has 0 nitrogen and oxygen atoms in total. The van der Waals surface area contributed by atoms with E-state index in [1.807, 2.05) is 0 Å². The van der Waals surface area contributed by atoms with Crippen molar-refractivity contribution in [3.63, 3.8) is 0 Å². The molecule has 7 aromatic carbocycles. The van der Waals surface area contributed by atoms with Crippen LogP contribution in [0.25, 0.3) is 0 Å². The fourth-order valence-electron chi connectivity index (χ4n) is 7.35. The largest absolute Gasteiger partial charge is 0.0701 e. The van der Waals surface area contributed by atoms with Crippen molar-refractivity contribution in [1.82, 2.24) is 0 Å². The number of rotatable bonds is 8. The molecule has 0 heteroatoms. The second kappa shape index (κ2) is 12.3. The summed E-state index contributed by atoms with van der Waals surface area (Å²) >= 11 is 0. The molecule has 0 aliphatic heterocycles. The van der Waals surface area contributed by atoms with Gasteiger partial charge in [0.25, 0.3) is 0 Å². The number of aryl methyl sites for hydroxylation is 1. The van der Waals surface area contributed by atoms with Crippen molar-refractivity contribution in [2.45, 2.75) is 17.8 Å². The highest BCUT2D eigenvalue weighted by Crippen LogP contribution is 2.50. The van der Waals surface area contributed by atoms with Gasteiger partial charge in [0.2, 0.25) is 0 Å². The monoisotopic (exact) mass is 576 g/mol. The zero-order chi connectivity index (χ0) is 30.5. The smallest absolute Gasteiger partial charge is 0.0622 e. The van der Waals surface area contributed by atoms with Gasteiger partial charge in [0.15, 0.2) is 0 Å². The van der Waals surface area contributed by atoms with Crippen molar-refractivity contribution < 1.29 is 0 Å². The van der Waals surface area contributed by atoms with Gasteiger partial charge in [0.05, 0.1) is 10.8 Å². The van der Waals surface area contributed by atoms with Crippen LogP contribution in [0.4, 0.5) is 0 Å². The summed E-state index contributed by atoms with van der Waals surface area (Å²) in [5.41, 5.74) is 10.1. The Hall–Kier alpha value is -5.46. The highest BCUT2D eigenvalue weighted by molar-refractivity contribution is 5.65. The van der Waals surface area contributed by atoms with Crippen LogP contribution in [0.5, 0.6) is 0 Å². The first kappa shape index (κ1) is 28.3. The highest BCUT2D eigenvalue weighted by Gasteiger charge is 2.42. The van der Waals surface area contributed by atoms with Gasteiger partial charge in [-0.2, -0.15) is 0 Å². The minimum atomic E-state index is -0.541. The minimum Gasteiger partial charge on any atom is -0.0622 e. The lowest BCUT2D eigenvalue weighted by Crippen LogP contribution is -2.34. The average Bonchev–Trinajstić information content (AvgIpc) is 3.12. The maximum Gasteiger partial charge on any atom is 0.0701 e. The van der Waals surface area contributed by atoms with Crippen molar-refractivity contribution in [3.8, 4) is 0 Å². The zero-order valence-corrected chi connectivity index (χ0v) is 25.6. The van der Waals surface area contributed by atoms with E-state index < -0.39 is 10.8 Å². The molecule has 7 rings (SSSR count). The molecule has 0 fully saturated rings. The molecule has 0 atom stereocenters. The average molecular weight is 577 g/mol.